The van der Waals surface area contributed by atoms with E-state index in [1.165, 1.54) is 0 Å². The highest BCUT2D eigenvalue weighted by Crippen LogP contribution is 2.52. The standard InChI is InChI=1S/C40H18N8O8/c49-25-9-1-2-10(26(25)50)18-17(9)33-41-34(18)46-36-21-13-5-6-14(30(54)29(13)53)22(21)38(43-36)48-40-24-16-8-7-15(31(55)32(16)56)23(24)39(44-40)47-37-20-12-4-3-11(27(51)28(12)52)19(20)35(42-37)45-33/h1-16H,(H2,41,42,43,44,45,46,47,48)/t9-,10?,11?,12?,13?,14-,15?,16?/m1/s1. The van der Waals surface area contributed by atoms with Crippen LogP contribution < -0.4 is 0 Å². The Bertz CT molecular complexity index is 2950. The van der Waals surface area contributed by atoms with Gasteiger partial charge in [0.2, 0.25) is 46.3 Å². The monoisotopic (exact) mass is 738 g/mol. The van der Waals surface area contributed by atoms with Gasteiger partial charge in [0.15, 0.2) is 23.3 Å². The van der Waals surface area contributed by atoms with Gasteiger partial charge in [0.1, 0.15) is 22.6 Å². The molecule has 2 aliphatic heterocycles. The third kappa shape index (κ3) is 3.26. The average molecular weight is 739 g/mol. The second-order valence-electron chi connectivity index (χ2n) is 15.2. The van der Waals surface area contributed by atoms with Gasteiger partial charge in [0.05, 0.1) is 47.3 Å². The van der Waals surface area contributed by atoms with Crippen molar-refractivity contribution >= 4 is 91.1 Å². The van der Waals surface area contributed by atoms with E-state index in [9.17, 15) is 38.4 Å². The summed E-state index contributed by atoms with van der Waals surface area (Å²) in [6, 6.07) is 0. The minimum absolute atomic E-state index is 0.0196. The second-order valence-corrected chi connectivity index (χ2v) is 15.2. The molecule has 0 saturated carbocycles. The van der Waals surface area contributed by atoms with Crippen molar-refractivity contribution in [2.75, 3.05) is 0 Å². The number of ketones is 8. The number of hydrogen-bond donors (Lipinski definition) is 2. The molecule has 2 N–H and O–H groups in total. The third-order valence-corrected chi connectivity index (χ3v) is 12.6. The Morgan fingerprint density at radius 2 is 0.500 bits per heavy atom. The highest BCUT2D eigenvalue weighted by Gasteiger charge is 2.52. The van der Waals surface area contributed by atoms with Gasteiger partial charge >= 0.3 is 0 Å². The van der Waals surface area contributed by atoms with Crippen molar-refractivity contribution in [2.24, 2.45) is 23.7 Å². The maximum atomic E-state index is 13.3. The number of hydrogen-bond acceptors (Lipinski definition) is 14. The molecule has 16 bridgehead atoms. The molecule has 0 radical (unpaired) electrons. The Kier molecular flexibility index (Phi) is 5.07. The van der Waals surface area contributed by atoms with Crippen LogP contribution in [0, 0.1) is 23.7 Å². The molecule has 16 heteroatoms. The van der Waals surface area contributed by atoms with E-state index in [-0.39, 0.29) is 45.9 Å². The highest BCUT2D eigenvalue weighted by molar-refractivity contribution is 6.48. The molecule has 12 aliphatic carbocycles. The average Bonchev–Trinajstić information content (AvgIpc) is 3.96. The maximum Gasteiger partial charge on any atom is 0.210 e. The van der Waals surface area contributed by atoms with Gasteiger partial charge in [-0.1, -0.05) is 48.6 Å². The number of carbonyl (C=O) groups excluding carboxylic acids is 8. The van der Waals surface area contributed by atoms with Crippen LogP contribution >= 0.6 is 0 Å². The van der Waals surface area contributed by atoms with E-state index in [2.05, 4.69) is 9.97 Å². The van der Waals surface area contributed by atoms with E-state index in [4.69, 9.17) is 29.9 Å². The zero-order valence-corrected chi connectivity index (χ0v) is 28.2. The molecule has 6 unspecified atom stereocenters. The van der Waals surface area contributed by atoms with Crippen LogP contribution in [0.1, 0.15) is 69.2 Å². The number of aromatic amines is 2. The largest absolute Gasteiger partial charge is 0.324 e. The molecule has 14 aliphatic rings. The number of rotatable bonds is 0. The first kappa shape index (κ1) is 30.0. The summed E-state index contributed by atoms with van der Waals surface area (Å²) in [7, 11) is 0. The first-order valence-corrected chi connectivity index (χ1v) is 17.9. The van der Waals surface area contributed by atoms with Crippen molar-refractivity contribution in [3.05, 3.63) is 94.2 Å². The number of nitrogens with one attached hydrogen (secondary N) is 2. The molecule has 0 aromatic carbocycles. The smallest absolute Gasteiger partial charge is 0.210 e. The molecule has 3 aromatic rings. The van der Waals surface area contributed by atoms with Crippen molar-refractivity contribution in [2.45, 2.75) is 23.7 Å². The summed E-state index contributed by atoms with van der Waals surface area (Å²) in [4.78, 5) is 142. The van der Waals surface area contributed by atoms with Gasteiger partial charge in [-0.25, -0.2) is 29.9 Å². The molecule has 56 heavy (non-hydrogen) atoms. The highest BCUT2D eigenvalue weighted by atomic mass is 16.2. The van der Waals surface area contributed by atoms with Crippen molar-refractivity contribution < 1.29 is 38.4 Å². The molecule has 17 rings (SSSR count). The molecule has 0 spiro atoms. The van der Waals surface area contributed by atoms with Crippen LogP contribution in [0.3, 0.4) is 0 Å². The van der Waals surface area contributed by atoms with Crippen LogP contribution in [-0.2, 0) is 38.4 Å². The van der Waals surface area contributed by atoms with Crippen molar-refractivity contribution in [3.63, 3.8) is 0 Å². The number of fused-ring (bicyclic) bond motifs is 12. The number of allylic oxidation sites excluding steroid dienone is 12. The van der Waals surface area contributed by atoms with Crippen LogP contribution in [0.15, 0.2) is 48.6 Å². The van der Waals surface area contributed by atoms with E-state index in [1.807, 2.05) is 0 Å². The molecule has 8 atom stereocenters. The maximum absolute atomic E-state index is 13.3. The van der Waals surface area contributed by atoms with E-state index >= 15 is 0 Å². The molecule has 0 amide bonds. The molecule has 266 valence electrons. The zero-order valence-electron chi connectivity index (χ0n) is 28.2. The van der Waals surface area contributed by atoms with Crippen molar-refractivity contribution in [3.8, 4) is 0 Å². The Balaban J connectivity index is 1.21. The summed E-state index contributed by atoms with van der Waals surface area (Å²) in [5.74, 6) is -13.0. The first-order chi connectivity index (χ1) is 27.1. The topological polar surface area (TPSA) is 245 Å². The van der Waals surface area contributed by atoms with Gasteiger partial charge < -0.3 is 9.97 Å². The summed E-state index contributed by atoms with van der Waals surface area (Å²) in [5, 5.41) is 0. The van der Waals surface area contributed by atoms with Crippen LogP contribution in [0.2, 0.25) is 0 Å². The summed E-state index contributed by atoms with van der Waals surface area (Å²) in [5.41, 5.74) is 3.51. The van der Waals surface area contributed by atoms with Gasteiger partial charge in [-0.15, -0.1) is 0 Å². The molecule has 0 fully saturated rings. The third-order valence-electron chi connectivity index (χ3n) is 12.6. The van der Waals surface area contributed by atoms with E-state index in [0.29, 0.717) is 44.5 Å². The number of nitrogens with zero attached hydrogens (tertiary/aromatic N) is 6. The van der Waals surface area contributed by atoms with Crippen molar-refractivity contribution in [1.29, 1.82) is 0 Å². The van der Waals surface area contributed by atoms with Gasteiger partial charge in [-0.3, -0.25) is 38.4 Å². The minimum atomic E-state index is -1.03. The Hall–Kier alpha value is -7.36. The molecule has 16 nitrogen and oxygen atoms in total. The lowest BCUT2D eigenvalue weighted by molar-refractivity contribution is -0.138. The lowest BCUT2D eigenvalue weighted by atomic mass is 9.70. The summed E-state index contributed by atoms with van der Waals surface area (Å²) < 4.78 is 0. The molecule has 0 saturated heterocycles. The Morgan fingerprint density at radius 1 is 0.286 bits per heavy atom. The van der Waals surface area contributed by atoms with Crippen LogP contribution in [0.4, 0.5) is 0 Å². The molecule has 3 aromatic heterocycles. The second kappa shape index (κ2) is 9.46. The van der Waals surface area contributed by atoms with Crippen molar-refractivity contribution in [1.82, 2.24) is 39.9 Å². The van der Waals surface area contributed by atoms with Gasteiger partial charge in [0.25, 0.3) is 0 Å². The fourth-order valence-corrected chi connectivity index (χ4v) is 10.2. The number of aromatic nitrogens is 8. The zero-order chi connectivity index (χ0) is 37.8. The summed E-state index contributed by atoms with van der Waals surface area (Å²) in [6.07, 6.45) is 13.0. The Labute approximate surface area is 310 Å². The van der Waals surface area contributed by atoms with Gasteiger partial charge in [-0.2, -0.15) is 0 Å². The first-order valence-electron chi connectivity index (χ1n) is 17.9. The fraction of sp³-hybridized carbons (Fsp3) is 0.200. The fourth-order valence-electron chi connectivity index (χ4n) is 10.2. The van der Waals surface area contributed by atoms with Crippen LogP contribution in [0.5, 0.6) is 0 Å². The predicted molar refractivity (Wildman–Crippen MR) is 187 cm³/mol. The van der Waals surface area contributed by atoms with Crippen LogP contribution in [0.25, 0.3) is 44.9 Å². The number of carbonyl (C=O) groups is 8. The SMILES string of the molecule is O=C1C(=O)C2C=CC1C1=C2c2nc1nc1nc(nc3[nH]c(nc4[nH]c(n2)c2c4C4C=CC2C(=O)C4=O)c2c3C3C=C[C@H]2C(=O)C3=O)C2=C1[C@H]1C=CC2C(=O)C1=O. The Morgan fingerprint density at radius 3 is 0.786 bits per heavy atom. The number of H-pyrrole nitrogens is 2. The van der Waals surface area contributed by atoms with Gasteiger partial charge in [0, 0.05) is 44.5 Å². The van der Waals surface area contributed by atoms with Crippen LogP contribution in [-0.4, -0.2) is 86.1 Å². The normalized spacial score (nSPS) is 30.7. The molecular formula is C40H18N8O8. The minimum Gasteiger partial charge on any atom is -0.324 e. The van der Waals surface area contributed by atoms with E-state index in [0.717, 1.165) is 0 Å². The van der Waals surface area contributed by atoms with Gasteiger partial charge in [-0.05, 0) is 0 Å². The molecule has 5 heterocycles. The summed E-state index contributed by atoms with van der Waals surface area (Å²) in [6.45, 7) is 0. The van der Waals surface area contributed by atoms with E-state index in [1.54, 1.807) is 48.6 Å². The number of Topliss-reactive ketones (excluding diaryl/α,β-unsaturated/α-hetero) is 8. The lowest BCUT2D eigenvalue weighted by Gasteiger charge is -2.30. The predicted octanol–water partition coefficient (Wildman–Crippen LogP) is 1.40. The quantitative estimate of drug-likeness (QED) is 0.245. The lowest BCUT2D eigenvalue weighted by Crippen LogP contribution is -2.38. The van der Waals surface area contributed by atoms with E-state index < -0.39 is 93.6 Å². The summed E-state index contributed by atoms with van der Waals surface area (Å²) >= 11 is 0. The molecular weight excluding hydrogens is 720 g/mol.